The van der Waals surface area contributed by atoms with E-state index in [1.165, 1.54) is 0 Å². The van der Waals surface area contributed by atoms with Gasteiger partial charge in [-0.05, 0) is 56.3 Å². The maximum absolute atomic E-state index is 13.1. The Kier molecular flexibility index (Phi) is 4.58. The molecule has 26 heavy (non-hydrogen) atoms. The lowest BCUT2D eigenvalue weighted by molar-refractivity contribution is -0.138. The summed E-state index contributed by atoms with van der Waals surface area (Å²) in [6.07, 6.45) is 4.14. The maximum atomic E-state index is 13.1. The van der Waals surface area contributed by atoms with Crippen molar-refractivity contribution < 1.29 is 19.5 Å². The largest absolute Gasteiger partial charge is 0.394 e. The summed E-state index contributed by atoms with van der Waals surface area (Å²) in [4.78, 5) is 39.0. The van der Waals surface area contributed by atoms with Gasteiger partial charge in [0.05, 0.1) is 12.1 Å². The summed E-state index contributed by atoms with van der Waals surface area (Å²) < 4.78 is 0. The molecule has 3 atom stereocenters. The van der Waals surface area contributed by atoms with Crippen LogP contribution in [0.5, 0.6) is 0 Å². The lowest BCUT2D eigenvalue weighted by atomic mass is 9.64. The first kappa shape index (κ1) is 19.1. The molecule has 0 aromatic heterocycles. The normalized spacial score (nSPS) is 33.1. The molecule has 146 valence electrons. The number of imide groups is 1. The van der Waals surface area contributed by atoms with Gasteiger partial charge < -0.3 is 15.7 Å². The molecule has 3 unspecified atom stereocenters. The van der Waals surface area contributed by atoms with E-state index in [9.17, 15) is 19.5 Å². The highest BCUT2D eigenvalue weighted by Gasteiger charge is 2.56. The fourth-order valence-electron chi connectivity index (χ4n) is 5.14. The number of aliphatic hydroxyl groups is 1. The van der Waals surface area contributed by atoms with E-state index in [2.05, 4.69) is 31.4 Å². The number of urea groups is 1. The van der Waals surface area contributed by atoms with Gasteiger partial charge in [-0.1, -0.05) is 20.8 Å². The van der Waals surface area contributed by atoms with Crippen LogP contribution in [0.1, 0.15) is 59.8 Å². The second-order valence-electron chi connectivity index (χ2n) is 9.66. The number of carbonyl (C=O) groups excluding carboxylic acids is 3. The summed E-state index contributed by atoms with van der Waals surface area (Å²) in [5.74, 6) is -0.123. The first-order chi connectivity index (χ1) is 12.0. The van der Waals surface area contributed by atoms with Crippen molar-refractivity contribution in [1.29, 1.82) is 0 Å². The van der Waals surface area contributed by atoms with Crippen LogP contribution < -0.4 is 10.6 Å². The lowest BCUT2D eigenvalue weighted by Gasteiger charge is -2.43. The van der Waals surface area contributed by atoms with Gasteiger partial charge >= 0.3 is 6.03 Å². The van der Waals surface area contributed by atoms with Gasteiger partial charge in [0.25, 0.3) is 5.91 Å². The molecule has 7 heteroatoms. The summed E-state index contributed by atoms with van der Waals surface area (Å²) in [7, 11) is 0. The van der Waals surface area contributed by atoms with E-state index in [4.69, 9.17) is 0 Å². The van der Waals surface area contributed by atoms with Crippen molar-refractivity contribution in [1.82, 2.24) is 15.5 Å². The number of nitrogens with one attached hydrogen (secondary N) is 2. The van der Waals surface area contributed by atoms with Gasteiger partial charge in [-0.25, -0.2) is 4.79 Å². The van der Waals surface area contributed by atoms with Crippen LogP contribution in [0.2, 0.25) is 0 Å². The molecular formula is C19H31N3O4. The molecule has 4 amide bonds. The molecule has 7 nitrogen and oxygen atoms in total. The van der Waals surface area contributed by atoms with Crippen LogP contribution in [0.25, 0.3) is 0 Å². The molecule has 0 aromatic rings. The number of hydrogen-bond acceptors (Lipinski definition) is 4. The van der Waals surface area contributed by atoms with Crippen molar-refractivity contribution >= 4 is 17.8 Å². The molecule has 3 rings (SSSR count). The topological polar surface area (TPSA) is 98.7 Å². The molecule has 1 saturated heterocycles. The van der Waals surface area contributed by atoms with E-state index >= 15 is 0 Å². The SMILES string of the molecule is CC1CC(C)(C)CC2(C1)NC(=O)N(CC(=O)NC(C)(CO)C1CC1)C2=O. The minimum atomic E-state index is -0.894. The van der Waals surface area contributed by atoms with Crippen molar-refractivity contribution in [2.75, 3.05) is 13.2 Å². The quantitative estimate of drug-likeness (QED) is 0.641. The van der Waals surface area contributed by atoms with Crippen LogP contribution in [0, 0.1) is 17.3 Å². The third-order valence-corrected chi connectivity index (χ3v) is 6.16. The smallest absolute Gasteiger partial charge is 0.325 e. The van der Waals surface area contributed by atoms with Crippen LogP contribution in [-0.2, 0) is 9.59 Å². The Hall–Kier alpha value is -1.63. The summed E-state index contributed by atoms with van der Waals surface area (Å²) in [5, 5.41) is 15.3. The van der Waals surface area contributed by atoms with Gasteiger partial charge in [0.2, 0.25) is 5.91 Å². The fraction of sp³-hybridized carbons (Fsp3) is 0.842. The van der Waals surface area contributed by atoms with Gasteiger partial charge in [0.15, 0.2) is 0 Å². The van der Waals surface area contributed by atoms with Crippen LogP contribution >= 0.6 is 0 Å². The summed E-state index contributed by atoms with van der Waals surface area (Å²) in [5.41, 5.74) is -1.62. The van der Waals surface area contributed by atoms with Crippen LogP contribution in [0.3, 0.4) is 0 Å². The lowest BCUT2D eigenvalue weighted by Crippen LogP contribution is -2.55. The average molecular weight is 365 g/mol. The number of nitrogens with zero attached hydrogens (tertiary/aromatic N) is 1. The van der Waals surface area contributed by atoms with Crippen molar-refractivity contribution in [3.63, 3.8) is 0 Å². The summed E-state index contributed by atoms with van der Waals surface area (Å²) in [6.45, 7) is 7.67. The predicted octanol–water partition coefficient (Wildman–Crippen LogP) is 1.40. The zero-order valence-corrected chi connectivity index (χ0v) is 16.2. The monoisotopic (exact) mass is 365 g/mol. The third-order valence-electron chi connectivity index (χ3n) is 6.16. The molecule has 3 N–H and O–H groups in total. The second-order valence-corrected chi connectivity index (χ2v) is 9.66. The van der Waals surface area contributed by atoms with E-state index in [-0.39, 0.29) is 30.4 Å². The Morgan fingerprint density at radius 3 is 2.54 bits per heavy atom. The number of carbonyl (C=O) groups is 3. The molecule has 3 fully saturated rings. The molecule has 1 heterocycles. The summed E-state index contributed by atoms with van der Waals surface area (Å²) >= 11 is 0. The Balaban J connectivity index is 1.70. The minimum absolute atomic E-state index is 0.0414. The Labute approximate surface area is 154 Å². The zero-order chi connectivity index (χ0) is 19.3. The van der Waals surface area contributed by atoms with Crippen molar-refractivity contribution in [3.8, 4) is 0 Å². The molecule has 0 radical (unpaired) electrons. The van der Waals surface area contributed by atoms with E-state index < -0.39 is 23.0 Å². The highest BCUT2D eigenvalue weighted by Crippen LogP contribution is 2.46. The standard InChI is InChI=1S/C19H31N3O4/c1-12-7-17(2,3)10-19(8-12)15(25)22(16(26)21-19)9-14(24)20-18(4,11-23)13-5-6-13/h12-13,23H,5-11H2,1-4H3,(H,20,24)(H,21,26). The van der Waals surface area contributed by atoms with Gasteiger partial charge in [-0.2, -0.15) is 0 Å². The molecule has 1 aliphatic heterocycles. The van der Waals surface area contributed by atoms with E-state index in [0.717, 1.165) is 24.2 Å². The maximum Gasteiger partial charge on any atom is 0.325 e. The number of hydrogen-bond donors (Lipinski definition) is 3. The van der Waals surface area contributed by atoms with Gasteiger partial charge in [0.1, 0.15) is 12.1 Å². The first-order valence-electron chi connectivity index (χ1n) is 9.56. The number of amides is 4. The Morgan fingerprint density at radius 1 is 1.35 bits per heavy atom. The third kappa shape index (κ3) is 3.46. The highest BCUT2D eigenvalue weighted by molar-refractivity contribution is 6.09. The number of rotatable bonds is 5. The highest BCUT2D eigenvalue weighted by atomic mass is 16.3. The van der Waals surface area contributed by atoms with E-state index in [1.54, 1.807) is 6.92 Å². The minimum Gasteiger partial charge on any atom is -0.394 e. The van der Waals surface area contributed by atoms with Crippen LogP contribution in [0.15, 0.2) is 0 Å². The Bertz CT molecular complexity index is 630. The molecule has 0 bridgehead atoms. The first-order valence-corrected chi connectivity index (χ1v) is 9.56. The molecule has 0 aromatic carbocycles. The average Bonchev–Trinajstić information content (AvgIpc) is 3.31. The predicted molar refractivity (Wildman–Crippen MR) is 96.1 cm³/mol. The van der Waals surface area contributed by atoms with Crippen molar-refractivity contribution in [3.05, 3.63) is 0 Å². The van der Waals surface area contributed by atoms with Gasteiger partial charge in [0, 0.05) is 0 Å². The second kappa shape index (κ2) is 6.22. The van der Waals surface area contributed by atoms with Gasteiger partial charge in [-0.15, -0.1) is 0 Å². The summed E-state index contributed by atoms with van der Waals surface area (Å²) in [6, 6.07) is -0.493. The molecule has 1 spiro atoms. The van der Waals surface area contributed by atoms with Crippen molar-refractivity contribution in [2.24, 2.45) is 17.3 Å². The van der Waals surface area contributed by atoms with Crippen LogP contribution in [0.4, 0.5) is 4.79 Å². The molecule has 3 aliphatic rings. The zero-order valence-electron chi connectivity index (χ0n) is 16.2. The number of aliphatic hydroxyl groups excluding tert-OH is 1. The molecular weight excluding hydrogens is 334 g/mol. The van der Waals surface area contributed by atoms with E-state index in [1.807, 2.05) is 0 Å². The Morgan fingerprint density at radius 2 is 2.00 bits per heavy atom. The van der Waals surface area contributed by atoms with E-state index in [0.29, 0.717) is 18.8 Å². The molecule has 2 saturated carbocycles. The fourth-order valence-corrected chi connectivity index (χ4v) is 5.14. The van der Waals surface area contributed by atoms with Crippen LogP contribution in [-0.4, -0.2) is 52.1 Å². The van der Waals surface area contributed by atoms with Crippen molar-refractivity contribution in [2.45, 2.75) is 70.9 Å². The van der Waals surface area contributed by atoms with Gasteiger partial charge in [-0.3, -0.25) is 14.5 Å². The molecule has 2 aliphatic carbocycles.